The minimum Gasteiger partial charge on any atom is -0.460 e. The molecule has 0 radical (unpaired) electrons. The Hall–Kier alpha value is -3.86. The number of ketones is 1. The van der Waals surface area contributed by atoms with Gasteiger partial charge in [0.15, 0.2) is 0 Å². The lowest BCUT2D eigenvalue weighted by Gasteiger charge is -2.02. The number of ether oxygens (including phenoxy) is 3. The normalized spacial score (nSPS) is 9.49. The second-order valence-electron chi connectivity index (χ2n) is 6.61. The number of aromatic nitrogens is 2. The van der Waals surface area contributed by atoms with Gasteiger partial charge in [-0.3, -0.25) is 25.0 Å². The number of carbonyl (C=O) groups is 4. The van der Waals surface area contributed by atoms with Gasteiger partial charge in [0.2, 0.25) is 5.78 Å². The molecule has 0 aromatic carbocycles. The number of hydrogen-bond acceptors (Lipinski definition) is 13. The largest absolute Gasteiger partial charge is 0.460 e. The fourth-order valence-electron chi connectivity index (χ4n) is 2.30. The summed E-state index contributed by atoms with van der Waals surface area (Å²) in [4.78, 5) is 71.0. The summed E-state index contributed by atoms with van der Waals surface area (Å²) < 4.78 is 14.2. The molecule has 0 unspecified atom stereocenters. The number of Topliss-reactive ketones (excluding diaryl/α,β-unsaturated/α-hetero) is 1. The molecular weight excluding hydrogens is 656 g/mol. The molecule has 2 rings (SSSR count). The number of pyridine rings is 2. The van der Waals surface area contributed by atoms with E-state index in [0.29, 0.717) is 14.9 Å². The van der Waals surface area contributed by atoms with Gasteiger partial charge in [-0.15, -0.1) is 0 Å². The molecule has 0 N–H and O–H groups in total. The molecule has 0 atom stereocenters. The number of rotatable bonds is 8. The van der Waals surface area contributed by atoms with E-state index < -0.39 is 40.0 Å². The quantitative estimate of drug-likeness (QED) is 0.0976. The molecule has 2 aromatic heterocycles. The Morgan fingerprint density at radius 1 is 0.744 bits per heavy atom. The van der Waals surface area contributed by atoms with Gasteiger partial charge in [-0.25, -0.2) is 24.4 Å². The Morgan fingerprint density at radius 2 is 1.15 bits per heavy atom. The van der Waals surface area contributed by atoms with E-state index in [1.807, 2.05) is 0 Å². The monoisotopic (exact) mass is 678 g/mol. The van der Waals surface area contributed by atoms with Gasteiger partial charge in [0, 0.05) is 12.1 Å². The van der Waals surface area contributed by atoms with Crippen molar-refractivity contribution in [3.63, 3.8) is 0 Å². The summed E-state index contributed by atoms with van der Waals surface area (Å²) in [6.45, 7) is 6.86. The molecule has 0 aliphatic rings. The van der Waals surface area contributed by atoms with Gasteiger partial charge >= 0.3 is 17.9 Å². The van der Waals surface area contributed by atoms with Crippen LogP contribution in [0.1, 0.15) is 32.2 Å². The third-order valence-electron chi connectivity index (χ3n) is 3.88. The van der Waals surface area contributed by atoms with Crippen molar-refractivity contribution in [3.8, 4) is 0 Å². The van der Waals surface area contributed by atoms with Crippen molar-refractivity contribution >= 4 is 66.9 Å². The molecule has 15 nitrogen and oxygen atoms in total. The van der Waals surface area contributed by atoms with Crippen LogP contribution >= 0.6 is 31.9 Å². The maximum absolute atomic E-state index is 11.4. The zero-order valence-electron chi connectivity index (χ0n) is 21.2. The molecule has 0 saturated heterocycles. The fraction of sp³-hybridized carbons (Fsp3) is 0.364. The highest BCUT2D eigenvalue weighted by Crippen LogP contribution is 2.20. The SMILES string of the molecule is CCOC(=O)C(=O)Cc1nc(Br)ccc1[N+](=O)[O-].CCOC(=O)C(=O)OCC.Cc1nc(Br)ccc1[N+](=O)[O-]. The molecule has 2 aromatic rings. The van der Waals surface area contributed by atoms with Gasteiger partial charge in [-0.05, 0) is 71.7 Å². The number of carbonyl (C=O) groups excluding carboxylic acids is 4. The van der Waals surface area contributed by atoms with Gasteiger partial charge in [0.05, 0.1) is 36.1 Å². The average molecular weight is 680 g/mol. The van der Waals surface area contributed by atoms with Crippen molar-refractivity contribution in [1.82, 2.24) is 9.97 Å². The maximum atomic E-state index is 11.4. The Balaban J connectivity index is 0.000000593. The topological polar surface area (TPSA) is 208 Å². The fourth-order valence-corrected chi connectivity index (χ4v) is 3.04. The summed E-state index contributed by atoms with van der Waals surface area (Å²) in [5.41, 5.74) is 0.0841. The van der Waals surface area contributed by atoms with Crippen LogP contribution in [0.2, 0.25) is 0 Å². The first-order chi connectivity index (χ1) is 18.3. The summed E-state index contributed by atoms with van der Waals surface area (Å²) in [6.07, 6.45) is -0.464. The predicted molar refractivity (Wildman–Crippen MR) is 141 cm³/mol. The molecule has 212 valence electrons. The molecule has 0 fully saturated rings. The lowest BCUT2D eigenvalue weighted by atomic mass is 10.2. The minimum atomic E-state index is -1.02. The molecule has 39 heavy (non-hydrogen) atoms. The summed E-state index contributed by atoms with van der Waals surface area (Å²) in [7, 11) is 0. The number of nitrogens with zero attached hydrogens (tertiary/aromatic N) is 4. The van der Waals surface area contributed by atoms with Crippen molar-refractivity contribution in [3.05, 3.63) is 65.1 Å². The van der Waals surface area contributed by atoms with E-state index in [1.165, 1.54) is 18.2 Å². The van der Waals surface area contributed by atoms with Crippen molar-refractivity contribution in [1.29, 1.82) is 0 Å². The zero-order chi connectivity index (χ0) is 30.1. The molecular formula is C22H24Br2N4O11. The van der Waals surface area contributed by atoms with Gasteiger partial charge in [-0.2, -0.15) is 0 Å². The summed E-state index contributed by atoms with van der Waals surface area (Å²) in [5, 5.41) is 21.0. The number of aryl methyl sites for hydroxylation is 1. The van der Waals surface area contributed by atoms with E-state index >= 15 is 0 Å². The average Bonchev–Trinajstić information content (AvgIpc) is 2.85. The van der Waals surface area contributed by atoms with Gasteiger partial charge in [-0.1, -0.05) is 0 Å². The molecule has 0 aliphatic carbocycles. The first-order valence-electron chi connectivity index (χ1n) is 10.9. The molecule has 0 bridgehead atoms. The van der Waals surface area contributed by atoms with Crippen LogP contribution in [0.4, 0.5) is 11.4 Å². The van der Waals surface area contributed by atoms with Crippen LogP contribution < -0.4 is 0 Å². The van der Waals surface area contributed by atoms with Crippen molar-refractivity contribution < 1.29 is 43.2 Å². The van der Waals surface area contributed by atoms with E-state index in [4.69, 9.17) is 0 Å². The van der Waals surface area contributed by atoms with Crippen molar-refractivity contribution in [2.24, 2.45) is 0 Å². The molecule has 0 amide bonds. The van der Waals surface area contributed by atoms with Crippen LogP contribution in [0.15, 0.2) is 33.5 Å². The van der Waals surface area contributed by atoms with Crippen LogP contribution in [0.5, 0.6) is 0 Å². The van der Waals surface area contributed by atoms with Crippen LogP contribution in [0.3, 0.4) is 0 Å². The summed E-state index contributed by atoms with van der Waals surface area (Å²) >= 11 is 6.15. The lowest BCUT2D eigenvalue weighted by Crippen LogP contribution is -2.20. The van der Waals surface area contributed by atoms with Crippen LogP contribution in [-0.4, -0.2) is 63.3 Å². The van der Waals surface area contributed by atoms with E-state index in [2.05, 4.69) is 56.0 Å². The molecule has 2 heterocycles. The number of hydrogen-bond donors (Lipinski definition) is 0. The Morgan fingerprint density at radius 3 is 1.56 bits per heavy atom. The van der Waals surface area contributed by atoms with Gasteiger partial charge in [0.1, 0.15) is 20.6 Å². The maximum Gasteiger partial charge on any atom is 0.417 e. The summed E-state index contributed by atoms with van der Waals surface area (Å²) in [5.74, 6) is -3.74. The predicted octanol–water partition coefficient (Wildman–Crippen LogP) is 3.60. The van der Waals surface area contributed by atoms with E-state index in [1.54, 1.807) is 33.8 Å². The first kappa shape index (κ1) is 35.1. The molecule has 0 saturated carbocycles. The van der Waals surface area contributed by atoms with Gasteiger partial charge < -0.3 is 14.2 Å². The Bertz CT molecular complexity index is 1190. The summed E-state index contributed by atoms with van der Waals surface area (Å²) in [6, 6.07) is 5.57. The van der Waals surface area contributed by atoms with Crippen LogP contribution in [0.25, 0.3) is 0 Å². The second-order valence-corrected chi connectivity index (χ2v) is 8.24. The van der Waals surface area contributed by atoms with Crippen molar-refractivity contribution in [2.75, 3.05) is 19.8 Å². The number of halogens is 2. The standard InChI is InChI=1S/C10H9BrN2O5.C6H5BrN2O2.C6H10O4/c1-2-18-10(15)8(14)5-6-7(13(16)17)3-4-9(11)12-6;1-4-5(9(10)11)2-3-6(7)8-4;1-3-9-5(7)6(8)10-4-2/h3-4H,2,5H2,1H3;2-3H,1H3;3-4H2,1-2H3. The molecule has 0 aliphatic heterocycles. The van der Waals surface area contributed by atoms with Crippen molar-refractivity contribution in [2.45, 2.75) is 34.1 Å². The Labute approximate surface area is 238 Å². The number of esters is 3. The second kappa shape index (κ2) is 18.4. The van der Waals surface area contributed by atoms with Gasteiger partial charge in [0.25, 0.3) is 11.4 Å². The van der Waals surface area contributed by atoms with E-state index in [0.717, 1.165) is 0 Å². The molecule has 0 spiro atoms. The van der Waals surface area contributed by atoms with Crippen LogP contribution in [-0.2, 0) is 39.8 Å². The smallest absolute Gasteiger partial charge is 0.417 e. The minimum absolute atomic E-state index is 0.0493. The van der Waals surface area contributed by atoms with E-state index in [9.17, 15) is 39.4 Å². The Kier molecular flexibility index (Phi) is 16.6. The highest BCUT2D eigenvalue weighted by molar-refractivity contribution is 9.10. The first-order valence-corrected chi connectivity index (χ1v) is 12.5. The molecule has 17 heteroatoms. The number of nitro groups is 2. The zero-order valence-corrected chi connectivity index (χ0v) is 24.3. The lowest BCUT2D eigenvalue weighted by molar-refractivity contribution is -0.386. The third-order valence-corrected chi connectivity index (χ3v) is 4.77. The third kappa shape index (κ3) is 13.5. The highest BCUT2D eigenvalue weighted by Gasteiger charge is 2.23. The highest BCUT2D eigenvalue weighted by atomic mass is 79.9. The van der Waals surface area contributed by atoms with E-state index in [-0.39, 0.29) is 36.9 Å². The van der Waals surface area contributed by atoms with Crippen LogP contribution in [0, 0.1) is 27.2 Å².